The molecule has 1 aliphatic carbocycles. The van der Waals surface area contributed by atoms with E-state index in [1.54, 1.807) is 6.20 Å². The van der Waals surface area contributed by atoms with Crippen LogP contribution >= 0.6 is 0 Å². The number of hydrogen-bond donors (Lipinski definition) is 1. The highest BCUT2D eigenvalue weighted by Gasteiger charge is 2.24. The van der Waals surface area contributed by atoms with Crippen molar-refractivity contribution in [2.24, 2.45) is 5.92 Å². The standard InChI is InChI=1S/C28H32N4O2/c1-18-12-13-19(2)21(14-18)16-31-25-11-7-5-9-22(25)23-15-29-32(28(34)27(23)31)17-26(33)30-24-10-6-4-8-20(24)3/h5,7,9,11-15,20,24H,4,6,8,10,16-17H2,1-3H3,(H,30,33)/t20-,24+/m1/s1. The number of fused-ring (bicyclic) bond motifs is 3. The molecule has 0 bridgehead atoms. The smallest absolute Gasteiger partial charge is 0.291 e. The van der Waals surface area contributed by atoms with Gasteiger partial charge in [-0.2, -0.15) is 5.10 Å². The number of rotatable bonds is 5. The van der Waals surface area contributed by atoms with Crippen molar-refractivity contribution in [3.8, 4) is 0 Å². The van der Waals surface area contributed by atoms with Crippen LogP contribution in [-0.4, -0.2) is 26.3 Å². The van der Waals surface area contributed by atoms with Gasteiger partial charge in [0, 0.05) is 28.9 Å². The van der Waals surface area contributed by atoms with Gasteiger partial charge < -0.3 is 9.88 Å². The van der Waals surface area contributed by atoms with Crippen LogP contribution in [0.5, 0.6) is 0 Å². The lowest BCUT2D eigenvalue weighted by molar-refractivity contribution is -0.123. The molecule has 0 spiro atoms. The first-order chi connectivity index (χ1) is 16.4. The number of aromatic nitrogens is 3. The van der Waals surface area contributed by atoms with Gasteiger partial charge in [-0.15, -0.1) is 0 Å². The fourth-order valence-electron chi connectivity index (χ4n) is 5.33. The van der Waals surface area contributed by atoms with Crippen molar-refractivity contribution < 1.29 is 4.79 Å². The van der Waals surface area contributed by atoms with Gasteiger partial charge in [-0.25, -0.2) is 4.68 Å². The number of para-hydroxylation sites is 1. The molecular weight excluding hydrogens is 424 g/mol. The molecule has 2 atom stereocenters. The summed E-state index contributed by atoms with van der Waals surface area (Å²) in [6.07, 6.45) is 6.22. The van der Waals surface area contributed by atoms with Gasteiger partial charge >= 0.3 is 0 Å². The van der Waals surface area contributed by atoms with Crippen LogP contribution in [0.3, 0.4) is 0 Å². The van der Waals surface area contributed by atoms with Crippen LogP contribution in [-0.2, 0) is 17.9 Å². The second kappa shape index (κ2) is 9.09. The number of carbonyl (C=O) groups is 1. The van der Waals surface area contributed by atoms with Gasteiger partial charge in [0.2, 0.25) is 5.91 Å². The Morgan fingerprint density at radius 3 is 2.71 bits per heavy atom. The van der Waals surface area contributed by atoms with Crippen LogP contribution in [0.4, 0.5) is 0 Å². The van der Waals surface area contributed by atoms with Crippen molar-refractivity contribution in [2.45, 2.75) is 65.6 Å². The molecule has 5 rings (SSSR count). The van der Waals surface area contributed by atoms with E-state index in [1.165, 1.54) is 27.8 Å². The minimum Gasteiger partial charge on any atom is -0.351 e. The van der Waals surface area contributed by atoms with E-state index in [2.05, 4.69) is 54.0 Å². The molecule has 4 aromatic rings. The van der Waals surface area contributed by atoms with E-state index in [0.29, 0.717) is 18.0 Å². The molecule has 6 nitrogen and oxygen atoms in total. The molecule has 0 saturated heterocycles. The minimum atomic E-state index is -0.231. The zero-order chi connectivity index (χ0) is 23.8. The SMILES string of the molecule is Cc1ccc(C)c(Cn2c3ccccc3c3cnn(CC(=O)N[C@H]4CCCC[C@H]4C)c(=O)c32)c1. The second-order valence-corrected chi connectivity index (χ2v) is 9.84. The second-order valence-electron chi connectivity index (χ2n) is 9.84. The number of carbonyl (C=O) groups excluding carboxylic acids is 1. The highest BCUT2D eigenvalue weighted by molar-refractivity contribution is 6.07. The average molecular weight is 457 g/mol. The fraction of sp³-hybridized carbons (Fsp3) is 0.393. The maximum absolute atomic E-state index is 13.7. The lowest BCUT2D eigenvalue weighted by atomic mass is 9.86. The third kappa shape index (κ3) is 4.13. The Morgan fingerprint density at radius 2 is 1.88 bits per heavy atom. The molecule has 6 heteroatoms. The van der Waals surface area contributed by atoms with Crippen molar-refractivity contribution >= 4 is 27.7 Å². The number of hydrogen-bond acceptors (Lipinski definition) is 3. The third-order valence-electron chi connectivity index (χ3n) is 7.36. The quantitative estimate of drug-likeness (QED) is 0.473. The summed E-state index contributed by atoms with van der Waals surface area (Å²) in [4.78, 5) is 26.5. The lowest BCUT2D eigenvalue weighted by Gasteiger charge is -2.29. The molecule has 1 N–H and O–H groups in total. The number of nitrogens with zero attached hydrogens (tertiary/aromatic N) is 3. The monoisotopic (exact) mass is 456 g/mol. The van der Waals surface area contributed by atoms with E-state index in [-0.39, 0.29) is 24.1 Å². The topological polar surface area (TPSA) is 68.9 Å². The molecular formula is C28H32N4O2. The van der Waals surface area contributed by atoms with Gasteiger partial charge in [-0.05, 0) is 49.8 Å². The van der Waals surface area contributed by atoms with Gasteiger partial charge in [0.05, 0.1) is 6.20 Å². The summed E-state index contributed by atoms with van der Waals surface area (Å²) in [5.41, 5.74) is 4.91. The number of aryl methyl sites for hydroxylation is 2. The summed E-state index contributed by atoms with van der Waals surface area (Å²) >= 11 is 0. The van der Waals surface area contributed by atoms with E-state index < -0.39 is 0 Å². The maximum atomic E-state index is 13.7. The molecule has 0 radical (unpaired) electrons. The maximum Gasteiger partial charge on any atom is 0.291 e. The zero-order valence-electron chi connectivity index (χ0n) is 20.2. The van der Waals surface area contributed by atoms with Crippen LogP contribution in [0, 0.1) is 19.8 Å². The molecule has 2 aromatic heterocycles. The molecule has 1 saturated carbocycles. The summed E-state index contributed by atoms with van der Waals surface area (Å²) in [5, 5.41) is 9.36. The van der Waals surface area contributed by atoms with E-state index in [9.17, 15) is 9.59 Å². The molecule has 0 unspecified atom stereocenters. The van der Waals surface area contributed by atoms with E-state index in [1.807, 2.05) is 24.3 Å². The highest BCUT2D eigenvalue weighted by atomic mass is 16.2. The van der Waals surface area contributed by atoms with E-state index >= 15 is 0 Å². The van der Waals surface area contributed by atoms with Crippen LogP contribution in [0.25, 0.3) is 21.8 Å². The summed E-state index contributed by atoms with van der Waals surface area (Å²) in [6.45, 7) is 6.88. The van der Waals surface area contributed by atoms with Crippen molar-refractivity contribution in [1.29, 1.82) is 0 Å². The molecule has 176 valence electrons. The summed E-state index contributed by atoms with van der Waals surface area (Å²) in [5.74, 6) is 0.315. The largest absolute Gasteiger partial charge is 0.351 e. The summed E-state index contributed by atoms with van der Waals surface area (Å²) in [7, 11) is 0. The van der Waals surface area contributed by atoms with E-state index in [0.717, 1.165) is 35.6 Å². The van der Waals surface area contributed by atoms with E-state index in [4.69, 9.17) is 0 Å². The van der Waals surface area contributed by atoms with Crippen LogP contribution in [0.15, 0.2) is 53.5 Å². The van der Waals surface area contributed by atoms with Gasteiger partial charge in [-0.1, -0.05) is 61.7 Å². The van der Waals surface area contributed by atoms with Gasteiger partial charge in [0.1, 0.15) is 12.1 Å². The minimum absolute atomic E-state index is 0.0665. The van der Waals surface area contributed by atoms with Crippen molar-refractivity contribution in [1.82, 2.24) is 19.7 Å². The number of nitrogens with one attached hydrogen (secondary N) is 1. The third-order valence-corrected chi connectivity index (χ3v) is 7.36. The molecule has 0 aliphatic heterocycles. The van der Waals surface area contributed by atoms with Gasteiger partial charge in [0.15, 0.2) is 0 Å². The normalized spacial score (nSPS) is 18.4. The van der Waals surface area contributed by atoms with Crippen molar-refractivity contribution in [2.75, 3.05) is 0 Å². The van der Waals surface area contributed by atoms with Crippen molar-refractivity contribution in [3.05, 3.63) is 75.7 Å². The molecule has 1 aliphatic rings. The fourth-order valence-corrected chi connectivity index (χ4v) is 5.33. The molecule has 1 amide bonds. The van der Waals surface area contributed by atoms with Gasteiger partial charge in [0.25, 0.3) is 5.56 Å². The number of benzene rings is 2. The zero-order valence-corrected chi connectivity index (χ0v) is 20.2. The first-order valence-electron chi connectivity index (χ1n) is 12.2. The van der Waals surface area contributed by atoms with Crippen LogP contribution in [0.2, 0.25) is 0 Å². The Balaban J connectivity index is 1.55. The predicted octanol–water partition coefficient (Wildman–Crippen LogP) is 4.71. The Hall–Kier alpha value is -3.41. The molecule has 34 heavy (non-hydrogen) atoms. The first kappa shape index (κ1) is 22.4. The molecule has 1 fully saturated rings. The average Bonchev–Trinajstić information content (AvgIpc) is 3.14. The molecule has 2 aromatic carbocycles. The van der Waals surface area contributed by atoms with Gasteiger partial charge in [-0.3, -0.25) is 9.59 Å². The Kier molecular flexibility index (Phi) is 5.98. The Labute approximate surface area is 199 Å². The van der Waals surface area contributed by atoms with Crippen LogP contribution < -0.4 is 10.9 Å². The summed E-state index contributed by atoms with van der Waals surface area (Å²) < 4.78 is 3.39. The lowest BCUT2D eigenvalue weighted by Crippen LogP contribution is -2.43. The highest BCUT2D eigenvalue weighted by Crippen LogP contribution is 2.28. The Morgan fingerprint density at radius 1 is 1.09 bits per heavy atom. The molecule has 2 heterocycles. The first-order valence-corrected chi connectivity index (χ1v) is 12.2. The predicted molar refractivity (Wildman–Crippen MR) is 136 cm³/mol. The number of amides is 1. The van der Waals surface area contributed by atoms with Crippen LogP contribution in [0.1, 0.15) is 49.3 Å². The Bertz CT molecular complexity index is 1430. The summed E-state index contributed by atoms with van der Waals surface area (Å²) in [6, 6.07) is 14.6. The van der Waals surface area contributed by atoms with Crippen molar-refractivity contribution in [3.63, 3.8) is 0 Å².